The summed E-state index contributed by atoms with van der Waals surface area (Å²) in [6.45, 7) is 5.58. The molecule has 0 saturated heterocycles. The fourth-order valence-corrected chi connectivity index (χ4v) is 2.52. The molecule has 1 aliphatic carbocycles. The second-order valence-corrected chi connectivity index (χ2v) is 5.91. The smallest absolute Gasteiger partial charge is 0.0346 e. The van der Waals surface area contributed by atoms with E-state index in [1.807, 2.05) is 12.4 Å². The maximum absolute atomic E-state index is 4.14. The molecule has 1 heterocycles. The molecule has 18 heavy (non-hydrogen) atoms. The second-order valence-electron chi connectivity index (χ2n) is 5.91. The first-order chi connectivity index (χ1) is 8.65. The third-order valence-electron chi connectivity index (χ3n) is 4.05. The van der Waals surface area contributed by atoms with Crippen LogP contribution in [0.25, 0.3) is 10.8 Å². The number of nitrogens with one attached hydrogen (secondary N) is 1. The number of benzene rings is 1. The van der Waals surface area contributed by atoms with Crippen LogP contribution in [0.4, 0.5) is 0 Å². The van der Waals surface area contributed by atoms with Crippen LogP contribution in [0.2, 0.25) is 0 Å². The molecule has 0 unspecified atom stereocenters. The molecule has 94 valence electrons. The Bertz CT molecular complexity index is 556. The molecular weight excluding hydrogens is 220 g/mol. The summed E-state index contributed by atoms with van der Waals surface area (Å²) < 4.78 is 0. The molecule has 2 heteroatoms. The van der Waals surface area contributed by atoms with Crippen LogP contribution in [0.5, 0.6) is 0 Å². The SMILES string of the molecule is CC(C)(NCc1ccc2cnccc2c1)C1CC1. The third-order valence-corrected chi connectivity index (χ3v) is 4.05. The number of nitrogens with zero attached hydrogens (tertiary/aromatic N) is 1. The van der Waals surface area contributed by atoms with Gasteiger partial charge in [-0.05, 0) is 55.7 Å². The Morgan fingerprint density at radius 2 is 2.06 bits per heavy atom. The normalized spacial score (nSPS) is 16.1. The first-order valence-corrected chi connectivity index (χ1v) is 6.73. The number of fused-ring (bicyclic) bond motifs is 1. The van der Waals surface area contributed by atoms with Crippen LogP contribution in [0.15, 0.2) is 36.7 Å². The minimum atomic E-state index is 0.271. The molecule has 1 N–H and O–H groups in total. The molecule has 1 aliphatic rings. The van der Waals surface area contributed by atoms with Gasteiger partial charge in [0.1, 0.15) is 0 Å². The molecule has 0 amide bonds. The van der Waals surface area contributed by atoms with Crippen LogP contribution in [-0.4, -0.2) is 10.5 Å². The van der Waals surface area contributed by atoms with Crippen LogP contribution in [0, 0.1) is 5.92 Å². The molecule has 0 aliphatic heterocycles. The summed E-state index contributed by atoms with van der Waals surface area (Å²) in [5.74, 6) is 0.863. The standard InChI is InChI=1S/C16H20N2/c1-16(2,15-5-6-15)18-10-12-3-4-14-11-17-8-7-13(14)9-12/h3-4,7-9,11,15,18H,5-6,10H2,1-2H3. The van der Waals surface area contributed by atoms with Crippen molar-refractivity contribution in [2.75, 3.05) is 0 Å². The molecule has 0 radical (unpaired) electrons. The largest absolute Gasteiger partial charge is 0.307 e. The summed E-state index contributed by atoms with van der Waals surface area (Å²) in [7, 11) is 0. The lowest BCUT2D eigenvalue weighted by Crippen LogP contribution is -2.40. The maximum atomic E-state index is 4.14. The van der Waals surface area contributed by atoms with Crippen molar-refractivity contribution >= 4 is 10.8 Å². The topological polar surface area (TPSA) is 24.9 Å². The zero-order valence-electron chi connectivity index (χ0n) is 11.1. The van der Waals surface area contributed by atoms with Gasteiger partial charge in [0.05, 0.1) is 0 Å². The van der Waals surface area contributed by atoms with E-state index in [2.05, 4.69) is 48.4 Å². The summed E-state index contributed by atoms with van der Waals surface area (Å²) >= 11 is 0. The van der Waals surface area contributed by atoms with Gasteiger partial charge in [-0.3, -0.25) is 4.98 Å². The van der Waals surface area contributed by atoms with E-state index in [0.717, 1.165) is 12.5 Å². The lowest BCUT2D eigenvalue weighted by Gasteiger charge is -2.26. The average Bonchev–Trinajstić information content (AvgIpc) is 3.21. The van der Waals surface area contributed by atoms with E-state index < -0.39 is 0 Å². The monoisotopic (exact) mass is 240 g/mol. The number of aromatic nitrogens is 1. The van der Waals surface area contributed by atoms with Gasteiger partial charge >= 0.3 is 0 Å². The first-order valence-electron chi connectivity index (χ1n) is 6.73. The lowest BCUT2D eigenvalue weighted by molar-refractivity contribution is 0.339. The van der Waals surface area contributed by atoms with Gasteiger partial charge in [-0.25, -0.2) is 0 Å². The average molecular weight is 240 g/mol. The molecule has 0 atom stereocenters. The van der Waals surface area contributed by atoms with Gasteiger partial charge in [-0.1, -0.05) is 12.1 Å². The summed E-state index contributed by atoms with van der Waals surface area (Å²) in [5.41, 5.74) is 1.62. The van der Waals surface area contributed by atoms with Crippen molar-refractivity contribution < 1.29 is 0 Å². The fourth-order valence-electron chi connectivity index (χ4n) is 2.52. The molecule has 1 aromatic carbocycles. The Balaban J connectivity index is 1.74. The molecule has 1 fully saturated rings. The van der Waals surface area contributed by atoms with E-state index in [-0.39, 0.29) is 5.54 Å². The minimum absolute atomic E-state index is 0.271. The summed E-state index contributed by atoms with van der Waals surface area (Å²) in [6.07, 6.45) is 6.53. The highest BCUT2D eigenvalue weighted by Crippen LogP contribution is 2.39. The van der Waals surface area contributed by atoms with Gasteiger partial charge in [-0.2, -0.15) is 0 Å². The second kappa shape index (κ2) is 4.36. The predicted molar refractivity (Wildman–Crippen MR) is 75.4 cm³/mol. The number of rotatable bonds is 4. The molecule has 2 aromatic rings. The van der Waals surface area contributed by atoms with Crippen molar-refractivity contribution in [2.24, 2.45) is 5.92 Å². The highest BCUT2D eigenvalue weighted by molar-refractivity contribution is 5.81. The Morgan fingerprint density at radius 3 is 2.83 bits per heavy atom. The van der Waals surface area contributed by atoms with E-state index in [4.69, 9.17) is 0 Å². The predicted octanol–water partition coefficient (Wildman–Crippen LogP) is 3.51. The maximum Gasteiger partial charge on any atom is 0.0346 e. The molecule has 1 saturated carbocycles. The fraction of sp³-hybridized carbons (Fsp3) is 0.438. The van der Waals surface area contributed by atoms with Gasteiger partial charge < -0.3 is 5.32 Å². The van der Waals surface area contributed by atoms with Crippen LogP contribution in [0.1, 0.15) is 32.3 Å². The zero-order valence-corrected chi connectivity index (χ0v) is 11.1. The number of pyridine rings is 1. The first kappa shape index (κ1) is 11.7. The van der Waals surface area contributed by atoms with Crippen molar-refractivity contribution in [1.29, 1.82) is 0 Å². The lowest BCUT2D eigenvalue weighted by atomic mass is 9.98. The van der Waals surface area contributed by atoms with Crippen molar-refractivity contribution in [2.45, 2.75) is 38.8 Å². The number of hydrogen-bond donors (Lipinski definition) is 1. The van der Waals surface area contributed by atoms with E-state index >= 15 is 0 Å². The number of hydrogen-bond acceptors (Lipinski definition) is 2. The third kappa shape index (κ3) is 2.39. The Hall–Kier alpha value is -1.41. The molecule has 0 bridgehead atoms. The van der Waals surface area contributed by atoms with Crippen molar-refractivity contribution in [3.8, 4) is 0 Å². The van der Waals surface area contributed by atoms with Crippen LogP contribution < -0.4 is 5.32 Å². The van der Waals surface area contributed by atoms with Gasteiger partial charge in [0.2, 0.25) is 0 Å². The van der Waals surface area contributed by atoms with E-state index in [0.29, 0.717) is 0 Å². The summed E-state index contributed by atoms with van der Waals surface area (Å²) in [4.78, 5) is 4.14. The molecular formula is C16H20N2. The van der Waals surface area contributed by atoms with Gasteiger partial charge in [0.15, 0.2) is 0 Å². The Kier molecular flexibility index (Phi) is 2.83. The molecule has 3 rings (SSSR count). The van der Waals surface area contributed by atoms with E-state index in [9.17, 15) is 0 Å². The minimum Gasteiger partial charge on any atom is -0.307 e. The van der Waals surface area contributed by atoms with Gasteiger partial charge in [-0.15, -0.1) is 0 Å². The van der Waals surface area contributed by atoms with Crippen molar-refractivity contribution in [3.63, 3.8) is 0 Å². The van der Waals surface area contributed by atoms with Crippen LogP contribution in [0.3, 0.4) is 0 Å². The van der Waals surface area contributed by atoms with Gasteiger partial charge in [0, 0.05) is 29.9 Å². The quantitative estimate of drug-likeness (QED) is 0.884. The molecule has 0 spiro atoms. The zero-order chi connectivity index (χ0) is 12.6. The van der Waals surface area contributed by atoms with E-state index in [1.165, 1.54) is 29.2 Å². The molecule has 2 nitrogen and oxygen atoms in total. The van der Waals surface area contributed by atoms with Crippen LogP contribution >= 0.6 is 0 Å². The highest BCUT2D eigenvalue weighted by atomic mass is 15.0. The Labute approximate surface area is 108 Å². The van der Waals surface area contributed by atoms with Crippen LogP contribution in [-0.2, 0) is 6.54 Å². The van der Waals surface area contributed by atoms with Crippen molar-refractivity contribution in [1.82, 2.24) is 10.3 Å². The highest BCUT2D eigenvalue weighted by Gasteiger charge is 2.36. The van der Waals surface area contributed by atoms with Gasteiger partial charge in [0.25, 0.3) is 0 Å². The summed E-state index contributed by atoms with van der Waals surface area (Å²) in [5, 5.41) is 6.17. The molecule has 1 aromatic heterocycles. The summed E-state index contributed by atoms with van der Waals surface area (Å²) in [6, 6.07) is 8.68. The Morgan fingerprint density at radius 1 is 1.22 bits per heavy atom. The van der Waals surface area contributed by atoms with Crippen molar-refractivity contribution in [3.05, 3.63) is 42.2 Å². The van der Waals surface area contributed by atoms with E-state index in [1.54, 1.807) is 0 Å².